The minimum absolute atomic E-state index is 0.301. The van der Waals surface area contributed by atoms with Crippen LogP contribution in [-0.2, 0) is 15.9 Å². The predicted octanol–water partition coefficient (Wildman–Crippen LogP) is 0.235. The summed E-state index contributed by atoms with van der Waals surface area (Å²) in [6, 6.07) is 9.58. The smallest absolute Gasteiger partial charge is 0.315 e. The maximum Gasteiger partial charge on any atom is 0.315 e. The van der Waals surface area contributed by atoms with E-state index in [0.717, 1.165) is 13.0 Å². The molecule has 1 fully saturated rings. The molecule has 1 aliphatic rings. The van der Waals surface area contributed by atoms with Gasteiger partial charge in [0.05, 0.1) is 25.4 Å². The summed E-state index contributed by atoms with van der Waals surface area (Å²) >= 11 is 0. The van der Waals surface area contributed by atoms with E-state index < -0.39 is 12.1 Å². The molecule has 7 heteroatoms. The first-order valence-electron chi connectivity index (χ1n) is 8.65. The van der Waals surface area contributed by atoms with Crippen LogP contribution in [0.25, 0.3) is 0 Å². The van der Waals surface area contributed by atoms with E-state index in [9.17, 15) is 9.90 Å². The number of aliphatic hydroxyl groups excluding tert-OH is 1. The van der Waals surface area contributed by atoms with Crippen LogP contribution < -0.4 is 10.6 Å². The molecule has 0 unspecified atom stereocenters. The first-order chi connectivity index (χ1) is 12.1. The summed E-state index contributed by atoms with van der Waals surface area (Å²) in [4.78, 5) is 13.9. The second-order valence-corrected chi connectivity index (χ2v) is 6.36. The maximum atomic E-state index is 11.8. The van der Waals surface area contributed by atoms with Crippen LogP contribution in [0.3, 0.4) is 0 Å². The number of hydrogen-bond acceptors (Lipinski definition) is 5. The van der Waals surface area contributed by atoms with Crippen molar-refractivity contribution in [1.82, 2.24) is 15.5 Å². The molecular weight excluding hydrogens is 322 g/mol. The zero-order chi connectivity index (χ0) is 18.1. The van der Waals surface area contributed by atoms with E-state index >= 15 is 0 Å². The minimum atomic E-state index is -0.715. The molecule has 1 saturated heterocycles. The van der Waals surface area contributed by atoms with E-state index in [1.165, 1.54) is 5.56 Å². The Bertz CT molecular complexity index is 514. The van der Waals surface area contributed by atoms with Crippen molar-refractivity contribution < 1.29 is 19.4 Å². The van der Waals surface area contributed by atoms with Crippen molar-refractivity contribution in [1.29, 1.82) is 0 Å². The molecular formula is C18H29N3O4. The van der Waals surface area contributed by atoms with Crippen LogP contribution in [0, 0.1) is 0 Å². The van der Waals surface area contributed by atoms with Crippen LogP contribution in [0.5, 0.6) is 0 Å². The van der Waals surface area contributed by atoms with Gasteiger partial charge in [0.25, 0.3) is 0 Å². The van der Waals surface area contributed by atoms with E-state index in [2.05, 4.69) is 27.7 Å². The first-order valence-corrected chi connectivity index (χ1v) is 8.65. The van der Waals surface area contributed by atoms with Crippen molar-refractivity contribution in [3.05, 3.63) is 35.9 Å². The van der Waals surface area contributed by atoms with E-state index in [-0.39, 0.29) is 12.1 Å². The van der Waals surface area contributed by atoms with Crippen molar-refractivity contribution in [3.63, 3.8) is 0 Å². The topological polar surface area (TPSA) is 83.1 Å². The molecule has 1 heterocycles. The Morgan fingerprint density at radius 1 is 1.40 bits per heavy atom. The zero-order valence-electron chi connectivity index (χ0n) is 15.0. The van der Waals surface area contributed by atoms with E-state index in [0.29, 0.717) is 26.3 Å². The average Bonchev–Trinajstić information content (AvgIpc) is 2.94. The van der Waals surface area contributed by atoms with Crippen molar-refractivity contribution in [2.75, 3.05) is 47.0 Å². The lowest BCUT2D eigenvalue weighted by Gasteiger charge is -2.24. The molecule has 0 aliphatic carbocycles. The van der Waals surface area contributed by atoms with Gasteiger partial charge in [-0.25, -0.2) is 4.79 Å². The molecule has 3 atom stereocenters. The minimum Gasteiger partial charge on any atom is -0.388 e. The molecule has 140 valence electrons. The third-order valence-electron chi connectivity index (χ3n) is 4.31. The quantitative estimate of drug-likeness (QED) is 0.555. The molecule has 1 aromatic carbocycles. The Hall–Kier alpha value is -1.67. The first kappa shape index (κ1) is 19.7. The summed E-state index contributed by atoms with van der Waals surface area (Å²) in [5.41, 5.74) is 1.29. The highest BCUT2D eigenvalue weighted by Crippen LogP contribution is 2.15. The van der Waals surface area contributed by atoms with Gasteiger partial charge in [-0.1, -0.05) is 30.3 Å². The number of nitrogens with one attached hydrogen (secondary N) is 2. The molecule has 3 N–H and O–H groups in total. The van der Waals surface area contributed by atoms with Crippen molar-refractivity contribution in [2.45, 2.75) is 24.7 Å². The van der Waals surface area contributed by atoms with E-state index in [1.807, 2.05) is 25.2 Å². The number of rotatable bonds is 9. The number of urea groups is 1. The zero-order valence-corrected chi connectivity index (χ0v) is 15.0. The van der Waals surface area contributed by atoms with Crippen LogP contribution in [0.2, 0.25) is 0 Å². The summed E-state index contributed by atoms with van der Waals surface area (Å²) in [5.74, 6) is 0. The summed E-state index contributed by atoms with van der Waals surface area (Å²) in [6.07, 6.45) is -0.0681. The van der Waals surface area contributed by atoms with Crippen molar-refractivity contribution in [2.24, 2.45) is 0 Å². The second kappa shape index (κ2) is 10.4. The third kappa shape index (κ3) is 6.62. The molecule has 1 aliphatic heterocycles. The van der Waals surface area contributed by atoms with Gasteiger partial charge in [0.1, 0.15) is 6.10 Å². The highest BCUT2D eigenvalue weighted by molar-refractivity contribution is 5.74. The fraction of sp³-hybridized carbons (Fsp3) is 0.611. The standard InChI is InChI=1S/C18H29N3O4/c1-21(10-8-14-6-4-3-5-7-14)12-16-17(22)15(13-25-16)20-18(23)19-9-11-24-2/h3-7,15-17,22H,8-13H2,1-2H3,(H2,19,20,23)/t15-,16-,17+/m0/s1. The highest BCUT2D eigenvalue weighted by atomic mass is 16.5. The number of aliphatic hydroxyl groups is 1. The average molecular weight is 351 g/mol. The largest absolute Gasteiger partial charge is 0.388 e. The van der Waals surface area contributed by atoms with E-state index in [1.54, 1.807) is 7.11 Å². The Morgan fingerprint density at radius 3 is 2.88 bits per heavy atom. The van der Waals surface area contributed by atoms with Crippen LogP contribution in [-0.4, -0.2) is 81.3 Å². The highest BCUT2D eigenvalue weighted by Gasteiger charge is 2.37. The second-order valence-electron chi connectivity index (χ2n) is 6.36. The molecule has 7 nitrogen and oxygen atoms in total. The number of amides is 2. The van der Waals surface area contributed by atoms with Gasteiger partial charge in [-0.15, -0.1) is 0 Å². The molecule has 0 saturated carbocycles. The summed E-state index contributed by atoms with van der Waals surface area (Å²) in [7, 11) is 3.59. The number of likely N-dealkylation sites (N-methyl/N-ethyl adjacent to an activating group) is 1. The molecule has 25 heavy (non-hydrogen) atoms. The molecule has 0 bridgehead atoms. The van der Waals surface area contributed by atoms with Crippen LogP contribution in [0.4, 0.5) is 4.79 Å². The normalized spacial score (nSPS) is 23.0. The summed E-state index contributed by atoms with van der Waals surface area (Å²) in [5, 5.41) is 15.8. The third-order valence-corrected chi connectivity index (χ3v) is 4.31. The van der Waals surface area contributed by atoms with Gasteiger partial charge < -0.3 is 30.1 Å². The monoisotopic (exact) mass is 351 g/mol. The molecule has 0 radical (unpaired) electrons. The lowest BCUT2D eigenvalue weighted by atomic mass is 10.1. The van der Waals surface area contributed by atoms with Gasteiger partial charge in [-0.2, -0.15) is 0 Å². The Labute approximate surface area is 149 Å². The van der Waals surface area contributed by atoms with Crippen LogP contribution >= 0.6 is 0 Å². The van der Waals surface area contributed by atoms with Crippen molar-refractivity contribution >= 4 is 6.03 Å². The summed E-state index contributed by atoms with van der Waals surface area (Å²) < 4.78 is 10.5. The number of carbonyl (C=O) groups excluding carboxylic acids is 1. The molecule has 0 spiro atoms. The van der Waals surface area contributed by atoms with Gasteiger partial charge >= 0.3 is 6.03 Å². The number of nitrogens with zero attached hydrogens (tertiary/aromatic N) is 1. The van der Waals surface area contributed by atoms with Gasteiger partial charge in [0.2, 0.25) is 0 Å². The molecule has 0 aromatic heterocycles. The van der Waals surface area contributed by atoms with Gasteiger partial charge in [-0.3, -0.25) is 0 Å². The number of ether oxygens (including phenoxy) is 2. The number of methoxy groups -OCH3 is 1. The van der Waals surface area contributed by atoms with Crippen LogP contribution in [0.1, 0.15) is 5.56 Å². The van der Waals surface area contributed by atoms with Gasteiger partial charge in [0, 0.05) is 26.7 Å². The summed E-state index contributed by atoms with van der Waals surface area (Å²) in [6.45, 7) is 2.70. The Balaban J connectivity index is 1.69. The van der Waals surface area contributed by atoms with Crippen molar-refractivity contribution in [3.8, 4) is 0 Å². The number of carbonyl (C=O) groups is 1. The SMILES string of the molecule is COCCNC(=O)N[C@H]1CO[C@@H](CN(C)CCc2ccccc2)[C@@H]1O. The lowest BCUT2D eigenvalue weighted by molar-refractivity contribution is 0.0205. The Morgan fingerprint density at radius 2 is 2.16 bits per heavy atom. The van der Waals surface area contributed by atoms with Gasteiger partial charge in [0.15, 0.2) is 0 Å². The lowest BCUT2D eigenvalue weighted by Crippen LogP contribution is -2.50. The van der Waals surface area contributed by atoms with Gasteiger partial charge in [-0.05, 0) is 19.0 Å². The molecule has 2 amide bonds. The van der Waals surface area contributed by atoms with E-state index in [4.69, 9.17) is 9.47 Å². The number of hydrogen-bond donors (Lipinski definition) is 3. The number of benzene rings is 1. The fourth-order valence-corrected chi connectivity index (χ4v) is 2.82. The predicted molar refractivity (Wildman–Crippen MR) is 95.6 cm³/mol. The van der Waals surface area contributed by atoms with Crippen LogP contribution in [0.15, 0.2) is 30.3 Å². The fourth-order valence-electron chi connectivity index (χ4n) is 2.82. The molecule has 2 rings (SSSR count). The Kier molecular flexibility index (Phi) is 8.14. The maximum absolute atomic E-state index is 11.8. The molecule has 1 aromatic rings.